The first-order chi connectivity index (χ1) is 13.3. The Balaban J connectivity index is 1.58. The van der Waals surface area contributed by atoms with Crippen LogP contribution in [0, 0.1) is 6.92 Å². The number of hydrogen-bond donors (Lipinski definition) is 1. The summed E-state index contributed by atoms with van der Waals surface area (Å²) in [6.45, 7) is 4.12. The van der Waals surface area contributed by atoms with E-state index >= 15 is 0 Å². The van der Waals surface area contributed by atoms with Crippen LogP contribution in [0.2, 0.25) is 0 Å². The lowest BCUT2D eigenvalue weighted by Crippen LogP contribution is -2.30. The molecule has 0 unspecified atom stereocenters. The summed E-state index contributed by atoms with van der Waals surface area (Å²) < 4.78 is 6.03. The predicted molar refractivity (Wildman–Crippen MR) is 109 cm³/mol. The van der Waals surface area contributed by atoms with Gasteiger partial charge in [-0.3, -0.25) is 0 Å². The Bertz CT molecular complexity index is 892. The number of anilines is 3. The molecule has 1 N–H and O–H groups in total. The highest BCUT2D eigenvalue weighted by molar-refractivity contribution is 5.64. The number of ether oxygens (including phenoxy) is 1. The van der Waals surface area contributed by atoms with Crippen LogP contribution in [0.15, 0.2) is 60.7 Å². The predicted octanol–water partition coefficient (Wildman–Crippen LogP) is 5.31. The summed E-state index contributed by atoms with van der Waals surface area (Å²) in [4.78, 5) is 11.7. The Morgan fingerprint density at radius 3 is 2.44 bits per heavy atom. The van der Waals surface area contributed by atoms with Crippen molar-refractivity contribution < 1.29 is 4.74 Å². The largest absolute Gasteiger partial charge is 0.455 e. The van der Waals surface area contributed by atoms with E-state index in [9.17, 15) is 0 Å². The molecule has 1 aliphatic rings. The zero-order valence-corrected chi connectivity index (χ0v) is 15.6. The summed E-state index contributed by atoms with van der Waals surface area (Å²) in [7, 11) is 0. The standard InChI is InChI=1S/C22H24N4O/c1-17-16-21(26-14-8-3-9-15-26)25-22(23-17)24-19-12-6-7-13-20(19)27-18-10-4-2-5-11-18/h2,4-7,10-13,16H,3,8-9,14-15H2,1H3,(H,23,24,25). The highest BCUT2D eigenvalue weighted by Crippen LogP contribution is 2.31. The van der Waals surface area contributed by atoms with Crippen LogP contribution >= 0.6 is 0 Å². The molecule has 2 heterocycles. The molecule has 1 aliphatic heterocycles. The number of piperidine rings is 1. The molecule has 138 valence electrons. The maximum atomic E-state index is 6.03. The molecule has 2 aromatic carbocycles. The quantitative estimate of drug-likeness (QED) is 0.668. The minimum absolute atomic E-state index is 0.597. The molecule has 1 aromatic heterocycles. The van der Waals surface area contributed by atoms with Crippen LogP contribution in [0.4, 0.5) is 17.5 Å². The third-order valence-electron chi connectivity index (χ3n) is 4.63. The molecule has 0 atom stereocenters. The Kier molecular flexibility index (Phi) is 5.19. The number of aryl methyl sites for hydroxylation is 1. The molecular formula is C22H24N4O. The van der Waals surface area contributed by atoms with Gasteiger partial charge in [0, 0.05) is 24.8 Å². The van der Waals surface area contributed by atoms with Gasteiger partial charge in [-0.05, 0) is 50.5 Å². The van der Waals surface area contributed by atoms with Crippen molar-refractivity contribution in [2.75, 3.05) is 23.3 Å². The monoisotopic (exact) mass is 360 g/mol. The van der Waals surface area contributed by atoms with E-state index in [2.05, 4.69) is 21.3 Å². The van der Waals surface area contributed by atoms with Gasteiger partial charge < -0.3 is 15.0 Å². The molecule has 0 saturated carbocycles. The third kappa shape index (κ3) is 4.37. The molecule has 4 rings (SSSR count). The maximum Gasteiger partial charge on any atom is 0.229 e. The summed E-state index contributed by atoms with van der Waals surface area (Å²) in [5.74, 6) is 3.13. The van der Waals surface area contributed by atoms with Gasteiger partial charge in [-0.1, -0.05) is 30.3 Å². The Morgan fingerprint density at radius 1 is 0.889 bits per heavy atom. The zero-order valence-electron chi connectivity index (χ0n) is 15.6. The fourth-order valence-corrected chi connectivity index (χ4v) is 3.29. The summed E-state index contributed by atoms with van der Waals surface area (Å²) >= 11 is 0. The Labute approximate surface area is 160 Å². The molecule has 3 aromatic rings. The van der Waals surface area contributed by atoms with Gasteiger partial charge >= 0.3 is 0 Å². The summed E-state index contributed by atoms with van der Waals surface area (Å²) in [6, 6.07) is 19.7. The number of nitrogens with one attached hydrogen (secondary N) is 1. The van der Waals surface area contributed by atoms with Crippen LogP contribution in [0.25, 0.3) is 0 Å². The van der Waals surface area contributed by atoms with E-state index in [1.54, 1.807) is 0 Å². The number of aromatic nitrogens is 2. The highest BCUT2D eigenvalue weighted by atomic mass is 16.5. The van der Waals surface area contributed by atoms with Crippen molar-refractivity contribution in [1.82, 2.24) is 9.97 Å². The minimum Gasteiger partial charge on any atom is -0.455 e. The van der Waals surface area contributed by atoms with E-state index in [0.717, 1.165) is 41.8 Å². The number of para-hydroxylation sites is 3. The smallest absolute Gasteiger partial charge is 0.229 e. The van der Waals surface area contributed by atoms with E-state index in [0.29, 0.717) is 5.95 Å². The number of nitrogens with zero attached hydrogens (tertiary/aromatic N) is 3. The second-order valence-corrected chi connectivity index (χ2v) is 6.78. The minimum atomic E-state index is 0.597. The second kappa shape index (κ2) is 8.08. The second-order valence-electron chi connectivity index (χ2n) is 6.78. The lowest BCUT2D eigenvalue weighted by atomic mass is 10.1. The van der Waals surface area contributed by atoms with Gasteiger partial charge in [-0.15, -0.1) is 0 Å². The molecule has 0 bridgehead atoms. The molecule has 27 heavy (non-hydrogen) atoms. The number of rotatable bonds is 5. The van der Waals surface area contributed by atoms with Crippen LogP contribution in [0.1, 0.15) is 25.0 Å². The van der Waals surface area contributed by atoms with Crippen molar-refractivity contribution in [2.45, 2.75) is 26.2 Å². The molecule has 5 nitrogen and oxygen atoms in total. The van der Waals surface area contributed by atoms with Crippen molar-refractivity contribution >= 4 is 17.5 Å². The van der Waals surface area contributed by atoms with Crippen molar-refractivity contribution in [3.63, 3.8) is 0 Å². The molecule has 0 spiro atoms. The normalized spacial score (nSPS) is 14.0. The molecule has 1 saturated heterocycles. The van der Waals surface area contributed by atoms with Gasteiger partial charge in [-0.2, -0.15) is 4.98 Å². The third-order valence-corrected chi connectivity index (χ3v) is 4.63. The molecule has 5 heteroatoms. The molecule has 1 fully saturated rings. The van der Waals surface area contributed by atoms with Crippen LogP contribution in [-0.2, 0) is 0 Å². The van der Waals surface area contributed by atoms with Crippen molar-refractivity contribution in [2.24, 2.45) is 0 Å². The Morgan fingerprint density at radius 2 is 1.63 bits per heavy atom. The highest BCUT2D eigenvalue weighted by Gasteiger charge is 2.14. The first-order valence-electron chi connectivity index (χ1n) is 9.47. The van der Waals surface area contributed by atoms with Crippen LogP contribution in [0.3, 0.4) is 0 Å². The van der Waals surface area contributed by atoms with E-state index < -0.39 is 0 Å². The molecule has 0 amide bonds. The van der Waals surface area contributed by atoms with Gasteiger partial charge in [0.25, 0.3) is 0 Å². The topological polar surface area (TPSA) is 50.3 Å². The fraction of sp³-hybridized carbons (Fsp3) is 0.273. The van der Waals surface area contributed by atoms with Gasteiger partial charge in [0.1, 0.15) is 11.6 Å². The number of benzene rings is 2. The molecular weight excluding hydrogens is 336 g/mol. The van der Waals surface area contributed by atoms with E-state index in [4.69, 9.17) is 9.72 Å². The van der Waals surface area contributed by atoms with Crippen molar-refractivity contribution in [3.05, 3.63) is 66.4 Å². The van der Waals surface area contributed by atoms with Crippen LogP contribution in [0.5, 0.6) is 11.5 Å². The van der Waals surface area contributed by atoms with Crippen LogP contribution < -0.4 is 15.0 Å². The van der Waals surface area contributed by atoms with Crippen molar-refractivity contribution in [1.29, 1.82) is 0 Å². The summed E-state index contributed by atoms with van der Waals surface area (Å²) in [5, 5.41) is 3.34. The Hall–Kier alpha value is -3.08. The van der Waals surface area contributed by atoms with Gasteiger partial charge in [-0.25, -0.2) is 4.98 Å². The first kappa shape index (κ1) is 17.3. The van der Waals surface area contributed by atoms with E-state index in [1.165, 1.54) is 19.3 Å². The number of hydrogen-bond acceptors (Lipinski definition) is 5. The average Bonchev–Trinajstić information content (AvgIpc) is 2.71. The van der Waals surface area contributed by atoms with Gasteiger partial charge in [0.15, 0.2) is 5.75 Å². The molecule has 0 aliphatic carbocycles. The van der Waals surface area contributed by atoms with Gasteiger partial charge in [0.05, 0.1) is 5.69 Å². The zero-order chi connectivity index (χ0) is 18.5. The van der Waals surface area contributed by atoms with E-state index in [-0.39, 0.29) is 0 Å². The lowest BCUT2D eigenvalue weighted by molar-refractivity contribution is 0.485. The van der Waals surface area contributed by atoms with Gasteiger partial charge in [0.2, 0.25) is 5.95 Å². The lowest BCUT2D eigenvalue weighted by Gasteiger charge is -2.28. The average molecular weight is 360 g/mol. The summed E-state index contributed by atoms with van der Waals surface area (Å²) in [6.07, 6.45) is 3.75. The maximum absolute atomic E-state index is 6.03. The van der Waals surface area contributed by atoms with Crippen molar-refractivity contribution in [3.8, 4) is 11.5 Å². The SMILES string of the molecule is Cc1cc(N2CCCCC2)nc(Nc2ccccc2Oc2ccccc2)n1. The summed E-state index contributed by atoms with van der Waals surface area (Å²) in [5.41, 5.74) is 1.80. The molecule has 0 radical (unpaired) electrons. The van der Waals surface area contributed by atoms with E-state index in [1.807, 2.05) is 61.5 Å². The first-order valence-corrected chi connectivity index (χ1v) is 9.47. The fourth-order valence-electron chi connectivity index (χ4n) is 3.29. The van der Waals surface area contributed by atoms with Crippen LogP contribution in [-0.4, -0.2) is 23.1 Å².